The minimum atomic E-state index is -4.82. The highest BCUT2D eigenvalue weighted by molar-refractivity contribution is 5.81. The fourth-order valence-electron chi connectivity index (χ4n) is 4.35. The lowest BCUT2D eigenvalue weighted by Gasteiger charge is -2.39. The van der Waals surface area contributed by atoms with Crippen LogP contribution in [0.4, 0.5) is 13.2 Å². The van der Waals surface area contributed by atoms with Gasteiger partial charge in [-0.3, -0.25) is 4.98 Å². The van der Waals surface area contributed by atoms with Gasteiger partial charge >= 0.3 is 6.18 Å². The summed E-state index contributed by atoms with van der Waals surface area (Å²) in [5.41, 5.74) is -1.34. The predicted molar refractivity (Wildman–Crippen MR) is 116 cm³/mol. The normalized spacial score (nSPS) is 14.5. The molecule has 0 amide bonds. The van der Waals surface area contributed by atoms with Gasteiger partial charge in [-0.2, -0.15) is 13.2 Å². The summed E-state index contributed by atoms with van der Waals surface area (Å²) in [6, 6.07) is 14.1. The van der Waals surface area contributed by atoms with Crippen LogP contribution in [0.2, 0.25) is 0 Å². The van der Waals surface area contributed by atoms with E-state index in [-0.39, 0.29) is 0 Å². The molecule has 3 aromatic rings. The Balaban J connectivity index is 2.05. The van der Waals surface area contributed by atoms with Crippen LogP contribution in [0.3, 0.4) is 0 Å². The summed E-state index contributed by atoms with van der Waals surface area (Å²) in [5.74, 6) is 0.578. The van der Waals surface area contributed by atoms with Crippen molar-refractivity contribution in [3.63, 3.8) is 0 Å². The summed E-state index contributed by atoms with van der Waals surface area (Å²) in [6.45, 7) is 5.40. The first-order valence-electron chi connectivity index (χ1n) is 10.3. The predicted octanol–water partition coefficient (Wildman–Crippen LogP) is 6.01. The molecule has 0 radical (unpaired) electrons. The van der Waals surface area contributed by atoms with E-state index in [4.69, 9.17) is 4.74 Å². The number of pyridine rings is 1. The fraction of sp³-hybridized carbons (Fsp3) is 0.400. The monoisotopic (exact) mass is 431 g/mol. The van der Waals surface area contributed by atoms with Crippen LogP contribution in [0.1, 0.15) is 43.9 Å². The number of aromatic nitrogens is 1. The standard InChI is InChI=1S/C25H28F3NO2/c1-5-17-9-8-11-20(22(17)31-4)23(2,3)16-24(30,25(26,27)28)15-18-13-14-29-21-12-7-6-10-19(18)21/h6-14,30H,5,15-16H2,1-4H3. The third-order valence-electron chi connectivity index (χ3n) is 5.90. The Morgan fingerprint density at radius 2 is 1.68 bits per heavy atom. The summed E-state index contributed by atoms with van der Waals surface area (Å²) >= 11 is 0. The summed E-state index contributed by atoms with van der Waals surface area (Å²) in [5, 5.41) is 11.7. The van der Waals surface area contributed by atoms with Crippen LogP contribution >= 0.6 is 0 Å². The van der Waals surface area contributed by atoms with Crippen LogP contribution in [-0.2, 0) is 18.3 Å². The van der Waals surface area contributed by atoms with Crippen LogP contribution in [0, 0.1) is 0 Å². The third kappa shape index (κ3) is 4.54. The number of para-hydroxylation sites is 2. The molecule has 0 aliphatic carbocycles. The van der Waals surface area contributed by atoms with Gasteiger partial charge in [0, 0.05) is 23.6 Å². The lowest BCUT2D eigenvalue weighted by Crippen LogP contribution is -2.50. The molecule has 2 aromatic carbocycles. The Hall–Kier alpha value is -2.60. The molecule has 1 atom stereocenters. The first-order valence-corrected chi connectivity index (χ1v) is 10.3. The molecule has 1 N–H and O–H groups in total. The first kappa shape index (κ1) is 23.1. The topological polar surface area (TPSA) is 42.4 Å². The van der Waals surface area contributed by atoms with Gasteiger partial charge in [0.1, 0.15) is 5.75 Å². The van der Waals surface area contributed by atoms with Gasteiger partial charge in [0.25, 0.3) is 0 Å². The summed E-state index contributed by atoms with van der Waals surface area (Å²) in [6.07, 6.45) is -3.71. The molecule has 0 bridgehead atoms. The van der Waals surface area contributed by atoms with E-state index in [2.05, 4.69) is 4.98 Å². The summed E-state index contributed by atoms with van der Waals surface area (Å²) in [4.78, 5) is 4.22. The molecule has 0 spiro atoms. The highest BCUT2D eigenvalue weighted by Gasteiger charge is 2.56. The number of aryl methyl sites for hydroxylation is 1. The van der Waals surface area contributed by atoms with E-state index in [0.717, 1.165) is 5.56 Å². The second-order valence-corrected chi connectivity index (χ2v) is 8.61. The Morgan fingerprint density at radius 3 is 2.32 bits per heavy atom. The molecule has 0 saturated heterocycles. The quantitative estimate of drug-likeness (QED) is 0.498. The zero-order valence-electron chi connectivity index (χ0n) is 18.3. The van der Waals surface area contributed by atoms with Gasteiger partial charge in [-0.25, -0.2) is 0 Å². The number of halogens is 3. The molecule has 166 valence electrons. The Kier molecular flexibility index (Phi) is 6.33. The van der Waals surface area contributed by atoms with Crippen LogP contribution in [0.5, 0.6) is 5.75 Å². The number of fused-ring (bicyclic) bond motifs is 1. The van der Waals surface area contributed by atoms with E-state index in [1.54, 1.807) is 50.2 Å². The van der Waals surface area contributed by atoms with Crippen molar-refractivity contribution in [3.8, 4) is 5.75 Å². The zero-order valence-corrected chi connectivity index (χ0v) is 18.3. The van der Waals surface area contributed by atoms with Crippen molar-refractivity contribution in [2.75, 3.05) is 7.11 Å². The van der Waals surface area contributed by atoms with Crippen molar-refractivity contribution in [1.29, 1.82) is 0 Å². The molecule has 0 fully saturated rings. The van der Waals surface area contributed by atoms with Gasteiger partial charge < -0.3 is 9.84 Å². The number of ether oxygens (including phenoxy) is 1. The maximum atomic E-state index is 14.3. The van der Waals surface area contributed by atoms with Gasteiger partial charge in [0.2, 0.25) is 0 Å². The van der Waals surface area contributed by atoms with Gasteiger partial charge in [-0.1, -0.05) is 57.2 Å². The molecular formula is C25H28F3NO2. The first-order chi connectivity index (χ1) is 14.5. The third-order valence-corrected chi connectivity index (χ3v) is 5.90. The average molecular weight is 431 g/mol. The number of aliphatic hydroxyl groups is 1. The minimum absolute atomic E-state index is 0.412. The molecule has 0 saturated carbocycles. The Labute approximate surface area is 180 Å². The van der Waals surface area contributed by atoms with Crippen LogP contribution in [-0.4, -0.2) is 29.0 Å². The SMILES string of the molecule is CCc1cccc(C(C)(C)CC(O)(Cc2ccnc3ccccc23)C(F)(F)F)c1OC. The molecule has 31 heavy (non-hydrogen) atoms. The average Bonchev–Trinajstić information content (AvgIpc) is 2.72. The number of rotatable bonds is 7. The molecule has 1 aromatic heterocycles. The van der Waals surface area contributed by atoms with E-state index >= 15 is 0 Å². The largest absolute Gasteiger partial charge is 0.496 e. The molecule has 0 aliphatic heterocycles. The molecular weight excluding hydrogens is 403 g/mol. The summed E-state index contributed by atoms with van der Waals surface area (Å²) in [7, 11) is 1.52. The number of hydrogen-bond acceptors (Lipinski definition) is 3. The van der Waals surface area contributed by atoms with E-state index < -0.39 is 30.0 Å². The van der Waals surface area contributed by atoms with Gasteiger partial charge in [-0.15, -0.1) is 0 Å². The number of methoxy groups -OCH3 is 1. The van der Waals surface area contributed by atoms with Crippen molar-refractivity contribution < 1.29 is 23.0 Å². The minimum Gasteiger partial charge on any atom is -0.496 e. The van der Waals surface area contributed by atoms with Crippen LogP contribution in [0.25, 0.3) is 10.9 Å². The molecule has 6 heteroatoms. The van der Waals surface area contributed by atoms with Crippen molar-refractivity contribution in [3.05, 3.63) is 71.4 Å². The number of nitrogens with zero attached hydrogens (tertiary/aromatic N) is 1. The lowest BCUT2D eigenvalue weighted by molar-refractivity contribution is -0.266. The van der Waals surface area contributed by atoms with E-state index in [0.29, 0.717) is 34.2 Å². The van der Waals surface area contributed by atoms with Gasteiger partial charge in [-0.05, 0) is 41.5 Å². The van der Waals surface area contributed by atoms with Gasteiger partial charge in [0.05, 0.1) is 12.6 Å². The molecule has 3 nitrogen and oxygen atoms in total. The number of benzene rings is 2. The van der Waals surface area contributed by atoms with Crippen molar-refractivity contribution >= 4 is 10.9 Å². The highest BCUT2D eigenvalue weighted by atomic mass is 19.4. The maximum absolute atomic E-state index is 14.3. The molecule has 1 heterocycles. The maximum Gasteiger partial charge on any atom is 0.417 e. The molecule has 0 aliphatic rings. The van der Waals surface area contributed by atoms with Gasteiger partial charge in [0.15, 0.2) is 5.60 Å². The van der Waals surface area contributed by atoms with Crippen LogP contribution in [0.15, 0.2) is 54.7 Å². The van der Waals surface area contributed by atoms with E-state index in [9.17, 15) is 18.3 Å². The van der Waals surface area contributed by atoms with E-state index in [1.807, 2.05) is 19.1 Å². The van der Waals surface area contributed by atoms with Crippen molar-refractivity contribution in [2.24, 2.45) is 0 Å². The highest BCUT2D eigenvalue weighted by Crippen LogP contribution is 2.46. The number of alkyl halides is 3. The molecule has 1 unspecified atom stereocenters. The second kappa shape index (κ2) is 8.50. The van der Waals surface area contributed by atoms with E-state index in [1.165, 1.54) is 13.3 Å². The number of hydrogen-bond donors (Lipinski definition) is 1. The molecule has 3 rings (SSSR count). The summed E-state index contributed by atoms with van der Waals surface area (Å²) < 4.78 is 48.4. The van der Waals surface area contributed by atoms with Crippen LogP contribution < -0.4 is 4.74 Å². The van der Waals surface area contributed by atoms with Crippen molar-refractivity contribution in [2.45, 2.75) is 57.2 Å². The van der Waals surface area contributed by atoms with Crippen molar-refractivity contribution in [1.82, 2.24) is 4.98 Å². The smallest absolute Gasteiger partial charge is 0.417 e. The second-order valence-electron chi connectivity index (χ2n) is 8.61. The Bertz CT molecular complexity index is 1060. The fourth-order valence-corrected chi connectivity index (χ4v) is 4.35. The Morgan fingerprint density at radius 1 is 0.968 bits per heavy atom. The lowest BCUT2D eigenvalue weighted by atomic mass is 9.72. The zero-order chi connectivity index (χ0) is 22.9.